The summed E-state index contributed by atoms with van der Waals surface area (Å²) in [5.41, 5.74) is 4.01. The molecule has 29 heavy (non-hydrogen) atoms. The van der Waals surface area contributed by atoms with Crippen molar-refractivity contribution in [3.8, 4) is 0 Å². The van der Waals surface area contributed by atoms with Gasteiger partial charge in [-0.05, 0) is 36.8 Å². The van der Waals surface area contributed by atoms with Gasteiger partial charge in [0.2, 0.25) is 0 Å². The van der Waals surface area contributed by atoms with E-state index in [0.29, 0.717) is 37.4 Å². The van der Waals surface area contributed by atoms with Gasteiger partial charge in [-0.1, -0.05) is 30.3 Å². The van der Waals surface area contributed by atoms with Crippen LogP contribution in [0.3, 0.4) is 0 Å². The molecule has 2 aromatic carbocycles. The number of carbonyl (C=O) groups excluding carboxylic acids is 1. The van der Waals surface area contributed by atoms with E-state index in [-0.39, 0.29) is 11.7 Å². The van der Waals surface area contributed by atoms with Crippen LogP contribution in [0.4, 0.5) is 21.5 Å². The van der Waals surface area contributed by atoms with Gasteiger partial charge in [-0.2, -0.15) is 0 Å². The number of hydrogen-bond acceptors (Lipinski definition) is 4. The maximum Gasteiger partial charge on any atom is 0.255 e. The normalized spacial score (nSPS) is 14.0. The van der Waals surface area contributed by atoms with Gasteiger partial charge >= 0.3 is 0 Å². The van der Waals surface area contributed by atoms with Gasteiger partial charge in [0, 0.05) is 38.1 Å². The fraction of sp³-hybridized carbons (Fsp3) is 0.217. The van der Waals surface area contributed by atoms with E-state index in [2.05, 4.69) is 10.3 Å². The lowest BCUT2D eigenvalue weighted by Gasteiger charge is -2.36. The van der Waals surface area contributed by atoms with Gasteiger partial charge in [0.15, 0.2) is 0 Å². The molecule has 0 unspecified atom stereocenters. The molecule has 5 nitrogen and oxygen atoms in total. The first-order chi connectivity index (χ1) is 14.1. The molecule has 0 atom stereocenters. The van der Waals surface area contributed by atoms with Crippen molar-refractivity contribution < 1.29 is 9.18 Å². The van der Waals surface area contributed by atoms with Crippen molar-refractivity contribution in [3.05, 3.63) is 83.9 Å². The Morgan fingerprint density at radius 2 is 1.72 bits per heavy atom. The number of amides is 1. The number of piperazine rings is 1. The lowest BCUT2D eigenvalue weighted by molar-refractivity contribution is 0.0746. The number of benzene rings is 2. The van der Waals surface area contributed by atoms with E-state index in [1.54, 1.807) is 29.4 Å². The molecule has 1 amide bonds. The summed E-state index contributed by atoms with van der Waals surface area (Å²) < 4.78 is 14.0. The fourth-order valence-electron chi connectivity index (χ4n) is 3.54. The van der Waals surface area contributed by atoms with Gasteiger partial charge in [0.1, 0.15) is 5.82 Å². The molecule has 1 aromatic heterocycles. The molecule has 0 aliphatic carbocycles. The first-order valence-electron chi connectivity index (χ1n) is 9.68. The number of nitrogens with one attached hydrogen (secondary N) is 1. The van der Waals surface area contributed by atoms with Gasteiger partial charge in [0.25, 0.3) is 5.91 Å². The molecule has 0 radical (unpaired) electrons. The standard InChI is InChI=1S/C23H23FN4O/c1-17-6-2-4-8-21(17)26-19-14-18(15-25-16-19)23(29)28-12-10-27(11-13-28)22-9-5-3-7-20(22)24/h2-9,14-16,26H,10-13H2,1H3. The Balaban J connectivity index is 1.43. The van der Waals surface area contributed by atoms with E-state index in [1.807, 2.05) is 48.2 Å². The zero-order valence-electron chi connectivity index (χ0n) is 16.3. The minimum Gasteiger partial charge on any atom is -0.366 e. The molecule has 4 rings (SSSR count). The highest BCUT2D eigenvalue weighted by molar-refractivity contribution is 5.95. The average molecular weight is 390 g/mol. The predicted octanol–water partition coefficient (Wildman–Crippen LogP) is 4.24. The number of aryl methyl sites for hydroxylation is 1. The van der Waals surface area contributed by atoms with Crippen molar-refractivity contribution in [2.75, 3.05) is 36.4 Å². The highest BCUT2D eigenvalue weighted by Crippen LogP contribution is 2.23. The quantitative estimate of drug-likeness (QED) is 0.724. The van der Waals surface area contributed by atoms with E-state index in [0.717, 1.165) is 16.9 Å². The molecule has 0 spiro atoms. The lowest BCUT2D eigenvalue weighted by atomic mass is 10.1. The number of hydrogen-bond donors (Lipinski definition) is 1. The molecule has 0 saturated carbocycles. The Morgan fingerprint density at radius 1 is 1.00 bits per heavy atom. The van der Waals surface area contributed by atoms with Crippen molar-refractivity contribution in [1.29, 1.82) is 0 Å². The molecular weight excluding hydrogens is 367 g/mol. The topological polar surface area (TPSA) is 48.5 Å². The molecular formula is C23H23FN4O. The van der Waals surface area contributed by atoms with Gasteiger partial charge in [-0.15, -0.1) is 0 Å². The van der Waals surface area contributed by atoms with Gasteiger partial charge in [-0.3, -0.25) is 9.78 Å². The number of anilines is 3. The zero-order valence-corrected chi connectivity index (χ0v) is 16.3. The average Bonchev–Trinajstić information content (AvgIpc) is 2.76. The molecule has 2 heterocycles. The van der Waals surface area contributed by atoms with Crippen molar-refractivity contribution >= 4 is 23.0 Å². The lowest BCUT2D eigenvalue weighted by Crippen LogP contribution is -2.49. The second kappa shape index (κ2) is 8.31. The van der Waals surface area contributed by atoms with Crippen LogP contribution in [0.15, 0.2) is 67.0 Å². The number of nitrogens with zero attached hydrogens (tertiary/aromatic N) is 3. The summed E-state index contributed by atoms with van der Waals surface area (Å²) in [4.78, 5) is 21.0. The van der Waals surface area contributed by atoms with Crippen LogP contribution in [0.5, 0.6) is 0 Å². The first kappa shape index (κ1) is 18.9. The highest BCUT2D eigenvalue weighted by Gasteiger charge is 2.24. The Bertz CT molecular complexity index is 1020. The number of halogens is 1. The van der Waals surface area contributed by atoms with Crippen LogP contribution in [-0.2, 0) is 0 Å². The van der Waals surface area contributed by atoms with Crippen molar-refractivity contribution in [3.63, 3.8) is 0 Å². The Labute approximate surface area is 169 Å². The van der Waals surface area contributed by atoms with Gasteiger partial charge < -0.3 is 15.1 Å². The molecule has 148 valence electrons. The van der Waals surface area contributed by atoms with Crippen LogP contribution in [-0.4, -0.2) is 42.0 Å². The van der Waals surface area contributed by atoms with Gasteiger partial charge in [-0.25, -0.2) is 4.39 Å². The molecule has 1 aliphatic rings. The second-order valence-electron chi connectivity index (χ2n) is 7.13. The van der Waals surface area contributed by atoms with Gasteiger partial charge in [0.05, 0.1) is 23.1 Å². The minimum atomic E-state index is -0.230. The van der Waals surface area contributed by atoms with E-state index < -0.39 is 0 Å². The summed E-state index contributed by atoms with van der Waals surface area (Å²) in [6.07, 6.45) is 3.30. The van der Waals surface area contributed by atoms with Crippen LogP contribution in [0.2, 0.25) is 0 Å². The maximum absolute atomic E-state index is 14.0. The van der Waals surface area contributed by atoms with Crippen molar-refractivity contribution in [1.82, 2.24) is 9.88 Å². The Hall–Kier alpha value is -3.41. The van der Waals surface area contributed by atoms with E-state index in [9.17, 15) is 9.18 Å². The summed E-state index contributed by atoms with van der Waals surface area (Å²) in [7, 11) is 0. The van der Waals surface area contributed by atoms with Crippen LogP contribution in [0, 0.1) is 12.7 Å². The van der Waals surface area contributed by atoms with Crippen LogP contribution < -0.4 is 10.2 Å². The monoisotopic (exact) mass is 390 g/mol. The Kier molecular flexibility index (Phi) is 5.42. The second-order valence-corrected chi connectivity index (χ2v) is 7.13. The smallest absolute Gasteiger partial charge is 0.255 e. The first-order valence-corrected chi connectivity index (χ1v) is 9.68. The van der Waals surface area contributed by atoms with Crippen LogP contribution in [0.25, 0.3) is 0 Å². The summed E-state index contributed by atoms with van der Waals surface area (Å²) in [6.45, 7) is 4.31. The number of para-hydroxylation sites is 2. The van der Waals surface area contributed by atoms with E-state index >= 15 is 0 Å². The largest absolute Gasteiger partial charge is 0.366 e. The fourth-order valence-corrected chi connectivity index (χ4v) is 3.54. The third kappa shape index (κ3) is 4.21. The van der Waals surface area contributed by atoms with E-state index in [4.69, 9.17) is 0 Å². The Morgan fingerprint density at radius 3 is 2.48 bits per heavy atom. The van der Waals surface area contributed by atoms with Crippen LogP contribution >= 0.6 is 0 Å². The number of aromatic nitrogens is 1. The van der Waals surface area contributed by atoms with Crippen molar-refractivity contribution in [2.45, 2.75) is 6.92 Å². The van der Waals surface area contributed by atoms with Crippen LogP contribution in [0.1, 0.15) is 15.9 Å². The number of pyridine rings is 1. The molecule has 3 aromatic rings. The van der Waals surface area contributed by atoms with Crippen molar-refractivity contribution in [2.24, 2.45) is 0 Å². The predicted molar refractivity (Wildman–Crippen MR) is 113 cm³/mol. The molecule has 1 N–H and O–H groups in total. The maximum atomic E-state index is 14.0. The molecule has 0 bridgehead atoms. The summed E-state index contributed by atoms with van der Waals surface area (Å²) in [6, 6.07) is 16.5. The summed E-state index contributed by atoms with van der Waals surface area (Å²) >= 11 is 0. The minimum absolute atomic E-state index is 0.0564. The summed E-state index contributed by atoms with van der Waals surface area (Å²) in [5.74, 6) is -0.287. The number of carbonyl (C=O) groups is 1. The summed E-state index contributed by atoms with van der Waals surface area (Å²) in [5, 5.41) is 3.32. The highest BCUT2D eigenvalue weighted by atomic mass is 19.1. The van der Waals surface area contributed by atoms with E-state index in [1.165, 1.54) is 6.07 Å². The number of rotatable bonds is 4. The third-order valence-electron chi connectivity index (χ3n) is 5.17. The molecule has 1 saturated heterocycles. The third-order valence-corrected chi connectivity index (χ3v) is 5.17. The molecule has 1 aliphatic heterocycles. The molecule has 1 fully saturated rings. The zero-order chi connectivity index (χ0) is 20.2. The molecule has 6 heteroatoms. The SMILES string of the molecule is Cc1ccccc1Nc1cncc(C(=O)N2CCN(c3ccccc3F)CC2)c1.